The average molecular weight is 219 g/mol. The molecule has 0 spiro atoms. The van der Waals surface area contributed by atoms with Crippen molar-refractivity contribution in [2.45, 2.75) is 6.50 Å². The molecular weight excluding hydrogens is 204 g/mol. The predicted molar refractivity (Wildman–Crippen MR) is 53.2 cm³/mol. The number of sulfonamides is 1. The van der Waals surface area contributed by atoms with E-state index in [-0.39, 0.29) is 11.5 Å². The summed E-state index contributed by atoms with van der Waals surface area (Å²) in [6.07, 6.45) is 3.30. The zero-order chi connectivity index (χ0) is 13.3. The van der Waals surface area contributed by atoms with Crippen LogP contribution in [0.4, 0.5) is 5.82 Å². The van der Waals surface area contributed by atoms with Gasteiger partial charge in [-0.25, -0.2) is 13.4 Å². The summed E-state index contributed by atoms with van der Waals surface area (Å²) >= 11 is 0. The molecule has 0 bridgehead atoms. The molecule has 1 rings (SSSR count). The van der Waals surface area contributed by atoms with E-state index in [1.54, 1.807) is 0 Å². The molecule has 14 heavy (non-hydrogen) atoms. The van der Waals surface area contributed by atoms with Crippen molar-refractivity contribution in [1.82, 2.24) is 9.97 Å². The normalized spacial score (nSPS) is 15.4. The number of nitrogens with two attached hydrogens (primary N) is 1. The number of anilines is 1. The van der Waals surface area contributed by atoms with E-state index in [2.05, 4.69) is 9.97 Å². The van der Waals surface area contributed by atoms with Crippen LogP contribution in [0.25, 0.3) is 0 Å². The molecule has 1 aromatic heterocycles. The maximum Gasteiger partial charge on any atom is 0.233 e. The molecule has 1 aromatic rings. The van der Waals surface area contributed by atoms with Crippen molar-refractivity contribution < 1.29 is 12.5 Å². The van der Waals surface area contributed by atoms with Gasteiger partial charge < -0.3 is 5.73 Å². The van der Waals surface area contributed by atoms with E-state index in [9.17, 15) is 8.42 Å². The van der Waals surface area contributed by atoms with Crippen LogP contribution in [0.2, 0.25) is 0 Å². The monoisotopic (exact) mass is 219 g/mol. The maximum absolute atomic E-state index is 11.4. The van der Waals surface area contributed by atoms with Crippen LogP contribution in [0.15, 0.2) is 12.4 Å². The second-order valence-electron chi connectivity index (χ2n) is 2.48. The molecule has 0 atom stereocenters. The summed E-state index contributed by atoms with van der Waals surface area (Å²) in [5.41, 5.74) is 4.92. The Kier molecular flexibility index (Phi) is 1.98. The molecule has 0 fully saturated rings. The molecule has 0 aliphatic carbocycles. The lowest BCUT2D eigenvalue weighted by Crippen LogP contribution is -2.27. The van der Waals surface area contributed by atoms with Gasteiger partial charge in [-0.1, -0.05) is 0 Å². The first-order valence-corrected chi connectivity index (χ1v) is 5.40. The maximum atomic E-state index is 11.4. The summed E-state index contributed by atoms with van der Waals surface area (Å²) in [5, 5.41) is 0. The van der Waals surface area contributed by atoms with E-state index in [4.69, 9.17) is 9.85 Å². The first-order chi connectivity index (χ1) is 7.68. The summed E-state index contributed by atoms with van der Waals surface area (Å²) < 4.78 is 45.3. The van der Waals surface area contributed by atoms with Crippen LogP contribution in [-0.2, 0) is 16.5 Å². The van der Waals surface area contributed by atoms with Crippen LogP contribution < -0.4 is 10.0 Å². The first-order valence-electron chi connectivity index (χ1n) is 5.26. The van der Waals surface area contributed by atoms with Crippen molar-refractivity contribution in [3.8, 4) is 0 Å². The molecule has 2 N–H and O–H groups in total. The van der Waals surface area contributed by atoms with Crippen LogP contribution in [-0.4, -0.2) is 31.7 Å². The summed E-state index contributed by atoms with van der Waals surface area (Å²) in [7, 11) is -4.35. The fraction of sp³-hybridized carbons (Fsp3) is 0.429. The van der Waals surface area contributed by atoms with E-state index in [0.717, 1.165) is 6.26 Å². The topological polar surface area (TPSA) is 89.2 Å². The summed E-state index contributed by atoms with van der Waals surface area (Å²) in [6, 6.07) is 0. The molecule has 0 aliphatic heterocycles. The molecule has 0 aromatic carbocycles. The van der Waals surface area contributed by atoms with E-state index < -0.39 is 23.5 Å². The Morgan fingerprint density at radius 1 is 1.64 bits per heavy atom. The zero-order valence-corrected chi connectivity index (χ0v) is 8.32. The Bertz CT molecular complexity index is 502. The summed E-state index contributed by atoms with van der Waals surface area (Å²) in [6.45, 7) is -2.33. The SMILES string of the molecule is [2H]CN(c1nccnc1C([2H])([2H])N)S(C)(=O)=O. The Balaban J connectivity index is 3.41. The second-order valence-corrected chi connectivity index (χ2v) is 4.39. The lowest BCUT2D eigenvalue weighted by molar-refractivity contribution is 0.599. The molecule has 0 amide bonds. The number of rotatable bonds is 3. The van der Waals surface area contributed by atoms with Gasteiger partial charge in [0.15, 0.2) is 5.82 Å². The Labute approximate surface area is 87.0 Å². The fourth-order valence-corrected chi connectivity index (χ4v) is 1.22. The number of hydrogen-bond acceptors (Lipinski definition) is 5. The molecule has 7 heteroatoms. The van der Waals surface area contributed by atoms with Crippen molar-refractivity contribution in [2.75, 3.05) is 17.6 Å². The predicted octanol–water partition coefficient (Wildman–Crippen LogP) is -0.669. The van der Waals surface area contributed by atoms with Crippen LogP contribution in [0.3, 0.4) is 0 Å². The number of hydrogen-bond donors (Lipinski definition) is 1. The Hall–Kier alpha value is -1.21. The lowest BCUT2D eigenvalue weighted by atomic mass is 10.4. The molecule has 6 nitrogen and oxygen atoms in total. The van der Waals surface area contributed by atoms with Gasteiger partial charge in [-0.2, -0.15) is 0 Å². The highest BCUT2D eigenvalue weighted by atomic mass is 32.2. The molecular formula is C7H12N4O2S. The van der Waals surface area contributed by atoms with Gasteiger partial charge in [-0.15, -0.1) is 0 Å². The smallest absolute Gasteiger partial charge is 0.233 e. The highest BCUT2D eigenvalue weighted by Gasteiger charge is 2.16. The van der Waals surface area contributed by atoms with E-state index in [1.165, 1.54) is 12.4 Å². The number of aromatic nitrogens is 2. The van der Waals surface area contributed by atoms with Crippen LogP contribution >= 0.6 is 0 Å². The number of nitrogens with zero attached hydrogens (tertiary/aromatic N) is 3. The average Bonchev–Trinajstić information content (AvgIpc) is 2.15. The van der Waals surface area contributed by atoms with Gasteiger partial charge in [0.05, 0.1) is 11.9 Å². The van der Waals surface area contributed by atoms with E-state index >= 15 is 0 Å². The Morgan fingerprint density at radius 3 is 2.79 bits per heavy atom. The van der Waals surface area contributed by atoms with Crippen molar-refractivity contribution in [1.29, 1.82) is 0 Å². The quantitative estimate of drug-likeness (QED) is 0.728. The van der Waals surface area contributed by atoms with E-state index in [1.807, 2.05) is 0 Å². The van der Waals surface area contributed by atoms with Gasteiger partial charge in [0.25, 0.3) is 0 Å². The molecule has 0 aliphatic rings. The van der Waals surface area contributed by atoms with Gasteiger partial charge in [0.1, 0.15) is 0 Å². The summed E-state index contributed by atoms with van der Waals surface area (Å²) in [5.74, 6) is -0.266. The molecule has 0 radical (unpaired) electrons. The third-order valence-electron chi connectivity index (χ3n) is 1.45. The van der Waals surface area contributed by atoms with Crippen molar-refractivity contribution in [2.24, 2.45) is 5.73 Å². The standard InChI is InChI=1S/C7H12N4O2S/c1-11(14(2,12)13)7-6(5-8)9-3-4-10-7/h3-4H,5,8H2,1-2H3/i1D,5D2. The highest BCUT2D eigenvalue weighted by molar-refractivity contribution is 7.92. The highest BCUT2D eigenvalue weighted by Crippen LogP contribution is 2.14. The van der Waals surface area contributed by atoms with Crippen molar-refractivity contribution in [3.63, 3.8) is 0 Å². The molecule has 0 saturated carbocycles. The third kappa shape index (κ3) is 2.18. The molecule has 0 unspecified atom stereocenters. The molecule has 0 saturated heterocycles. The second kappa shape index (κ2) is 3.89. The fourth-order valence-electron chi connectivity index (χ4n) is 0.772. The minimum absolute atomic E-state index is 0.266. The largest absolute Gasteiger partial charge is 0.325 e. The minimum atomic E-state index is -3.73. The van der Waals surface area contributed by atoms with Gasteiger partial charge in [-0.3, -0.25) is 9.29 Å². The summed E-state index contributed by atoms with van der Waals surface area (Å²) in [4.78, 5) is 7.41. The minimum Gasteiger partial charge on any atom is -0.325 e. The van der Waals surface area contributed by atoms with Crippen molar-refractivity contribution >= 4 is 15.8 Å². The third-order valence-corrected chi connectivity index (χ3v) is 2.43. The van der Waals surface area contributed by atoms with Gasteiger partial charge >= 0.3 is 0 Å². The van der Waals surface area contributed by atoms with Crippen LogP contribution in [0, 0.1) is 0 Å². The molecule has 1 heterocycles. The molecule has 78 valence electrons. The van der Waals surface area contributed by atoms with Crippen molar-refractivity contribution in [3.05, 3.63) is 18.1 Å². The first kappa shape index (κ1) is 7.13. The Morgan fingerprint density at radius 2 is 2.29 bits per heavy atom. The van der Waals surface area contributed by atoms with Gasteiger partial charge in [-0.05, 0) is 0 Å². The lowest BCUT2D eigenvalue weighted by Gasteiger charge is -2.16. The van der Waals surface area contributed by atoms with E-state index in [0.29, 0.717) is 4.31 Å². The van der Waals surface area contributed by atoms with Crippen LogP contribution in [0.1, 0.15) is 9.81 Å². The zero-order valence-electron chi connectivity index (χ0n) is 10.5. The van der Waals surface area contributed by atoms with Gasteiger partial charge in [0.2, 0.25) is 10.0 Å². The van der Waals surface area contributed by atoms with Crippen LogP contribution in [0.5, 0.6) is 0 Å². The van der Waals surface area contributed by atoms with Gasteiger partial charge in [0, 0.05) is 30.0 Å².